The van der Waals surface area contributed by atoms with Crippen LogP contribution in [-0.2, 0) is 4.79 Å². The predicted octanol–water partition coefficient (Wildman–Crippen LogP) is 4.26. The molecular formula is C22H32N2O4. The van der Waals surface area contributed by atoms with Gasteiger partial charge in [-0.1, -0.05) is 6.07 Å². The maximum Gasteiger partial charge on any atom is 0.290 e. The average molecular weight is 389 g/mol. The zero-order valence-corrected chi connectivity index (χ0v) is 17.9. The number of likely N-dealkylation sites (N-methyl/N-ethyl adjacent to an activating group) is 1. The first-order chi connectivity index (χ1) is 13.1. The van der Waals surface area contributed by atoms with Crippen LogP contribution in [0.2, 0.25) is 0 Å². The summed E-state index contributed by atoms with van der Waals surface area (Å²) in [5.74, 6) is 1.64. The van der Waals surface area contributed by atoms with Gasteiger partial charge in [0.15, 0.2) is 0 Å². The predicted molar refractivity (Wildman–Crippen MR) is 112 cm³/mol. The smallest absolute Gasteiger partial charge is 0.290 e. The van der Waals surface area contributed by atoms with E-state index >= 15 is 0 Å². The van der Waals surface area contributed by atoms with Crippen molar-refractivity contribution in [3.63, 3.8) is 0 Å². The summed E-state index contributed by atoms with van der Waals surface area (Å²) in [6.45, 7) is 10.6. The Hall–Kier alpha value is -2.60. The SMILES string of the molecule is Cc1ncccc1-c1ccc(OC(C)(C)C)cc1OCC(C)N(C)C.O=CO. The summed E-state index contributed by atoms with van der Waals surface area (Å²) in [6.07, 6.45) is 1.81. The van der Waals surface area contributed by atoms with Crippen LogP contribution in [0.15, 0.2) is 36.5 Å². The van der Waals surface area contributed by atoms with Crippen LogP contribution in [0.1, 0.15) is 33.4 Å². The van der Waals surface area contributed by atoms with Crippen LogP contribution >= 0.6 is 0 Å². The number of hydrogen-bond donors (Lipinski definition) is 1. The van der Waals surface area contributed by atoms with Crippen molar-refractivity contribution < 1.29 is 19.4 Å². The van der Waals surface area contributed by atoms with Gasteiger partial charge in [0.05, 0.1) is 0 Å². The van der Waals surface area contributed by atoms with Crippen molar-refractivity contribution in [1.29, 1.82) is 0 Å². The fraction of sp³-hybridized carbons (Fsp3) is 0.455. The molecule has 0 bridgehead atoms. The van der Waals surface area contributed by atoms with E-state index in [0.29, 0.717) is 12.6 Å². The number of ether oxygens (including phenoxy) is 2. The van der Waals surface area contributed by atoms with E-state index in [2.05, 4.69) is 43.0 Å². The third-order valence-corrected chi connectivity index (χ3v) is 4.04. The molecule has 1 atom stereocenters. The van der Waals surface area contributed by atoms with E-state index in [9.17, 15) is 0 Å². The van der Waals surface area contributed by atoms with Gasteiger partial charge in [0.1, 0.15) is 23.7 Å². The number of aryl methyl sites for hydroxylation is 1. The summed E-state index contributed by atoms with van der Waals surface area (Å²) in [4.78, 5) is 14.9. The summed E-state index contributed by atoms with van der Waals surface area (Å²) in [5, 5.41) is 6.89. The van der Waals surface area contributed by atoms with Gasteiger partial charge in [-0.2, -0.15) is 0 Å². The summed E-state index contributed by atoms with van der Waals surface area (Å²) < 4.78 is 12.2. The van der Waals surface area contributed by atoms with E-state index in [1.165, 1.54) is 0 Å². The molecule has 1 N–H and O–H groups in total. The van der Waals surface area contributed by atoms with E-state index < -0.39 is 0 Å². The third kappa shape index (κ3) is 7.56. The molecular weight excluding hydrogens is 356 g/mol. The Balaban J connectivity index is 0.00000122. The Morgan fingerprint density at radius 1 is 1.21 bits per heavy atom. The van der Waals surface area contributed by atoms with E-state index in [1.807, 2.05) is 52.1 Å². The highest BCUT2D eigenvalue weighted by Crippen LogP contribution is 2.35. The van der Waals surface area contributed by atoms with Crippen LogP contribution in [0, 0.1) is 6.92 Å². The van der Waals surface area contributed by atoms with E-state index in [-0.39, 0.29) is 12.1 Å². The van der Waals surface area contributed by atoms with Crippen molar-refractivity contribution in [2.75, 3.05) is 20.7 Å². The number of rotatable bonds is 6. The number of carbonyl (C=O) groups is 1. The summed E-state index contributed by atoms with van der Waals surface area (Å²) >= 11 is 0. The quantitative estimate of drug-likeness (QED) is 0.746. The first-order valence-corrected chi connectivity index (χ1v) is 9.21. The Morgan fingerprint density at radius 3 is 2.39 bits per heavy atom. The second-order valence-electron chi connectivity index (χ2n) is 7.74. The van der Waals surface area contributed by atoms with Crippen LogP contribution in [0.25, 0.3) is 11.1 Å². The molecule has 0 radical (unpaired) electrons. The molecule has 1 heterocycles. The minimum absolute atomic E-state index is 0.250. The van der Waals surface area contributed by atoms with Crippen molar-refractivity contribution in [2.45, 2.75) is 46.3 Å². The molecule has 28 heavy (non-hydrogen) atoms. The lowest BCUT2D eigenvalue weighted by Gasteiger charge is -2.24. The van der Waals surface area contributed by atoms with Crippen LogP contribution in [-0.4, -0.2) is 53.8 Å². The second-order valence-corrected chi connectivity index (χ2v) is 7.74. The normalized spacial score (nSPS) is 12.0. The molecule has 2 aromatic rings. The van der Waals surface area contributed by atoms with E-state index in [0.717, 1.165) is 28.3 Å². The highest BCUT2D eigenvalue weighted by molar-refractivity contribution is 5.73. The van der Waals surface area contributed by atoms with Gasteiger partial charge in [-0.05, 0) is 66.9 Å². The Bertz CT molecular complexity index is 754. The number of aromatic nitrogens is 1. The average Bonchev–Trinajstić information content (AvgIpc) is 2.60. The molecule has 1 aromatic carbocycles. The topological polar surface area (TPSA) is 71.9 Å². The Kier molecular flexibility index (Phi) is 8.92. The van der Waals surface area contributed by atoms with Gasteiger partial charge in [-0.25, -0.2) is 0 Å². The molecule has 0 aliphatic rings. The molecule has 154 valence electrons. The van der Waals surface area contributed by atoms with Gasteiger partial charge in [0, 0.05) is 35.1 Å². The number of benzene rings is 1. The molecule has 0 spiro atoms. The molecule has 1 aromatic heterocycles. The zero-order chi connectivity index (χ0) is 21.3. The summed E-state index contributed by atoms with van der Waals surface area (Å²) in [5.41, 5.74) is 2.85. The van der Waals surface area contributed by atoms with Crippen LogP contribution in [0.4, 0.5) is 0 Å². The molecule has 6 heteroatoms. The first kappa shape index (κ1) is 23.4. The van der Waals surface area contributed by atoms with Gasteiger partial charge in [0.2, 0.25) is 0 Å². The molecule has 0 fully saturated rings. The van der Waals surface area contributed by atoms with Gasteiger partial charge in [-0.15, -0.1) is 0 Å². The molecule has 0 saturated heterocycles. The highest BCUT2D eigenvalue weighted by Gasteiger charge is 2.16. The second kappa shape index (κ2) is 10.7. The van der Waals surface area contributed by atoms with E-state index in [1.54, 1.807) is 0 Å². The van der Waals surface area contributed by atoms with Gasteiger partial charge < -0.3 is 19.5 Å². The number of pyridine rings is 1. The fourth-order valence-electron chi connectivity index (χ4n) is 2.39. The number of hydrogen-bond acceptors (Lipinski definition) is 5. The standard InChI is InChI=1S/C21H30N2O2.CH2O2/c1-15(23(6)7)14-24-20-13-17(25-21(3,4)5)10-11-19(20)18-9-8-12-22-16(18)2;2-1-3/h8-13,15H,14H2,1-7H3;1H,(H,2,3). The molecule has 0 saturated carbocycles. The molecule has 6 nitrogen and oxygen atoms in total. The van der Waals surface area contributed by atoms with Crippen molar-refractivity contribution in [1.82, 2.24) is 9.88 Å². The molecule has 1 unspecified atom stereocenters. The maximum atomic E-state index is 8.36. The summed E-state index contributed by atoms with van der Waals surface area (Å²) in [6, 6.07) is 10.4. The first-order valence-electron chi connectivity index (χ1n) is 9.21. The molecule has 0 aliphatic carbocycles. The summed E-state index contributed by atoms with van der Waals surface area (Å²) in [7, 11) is 4.11. The van der Waals surface area contributed by atoms with Crippen LogP contribution in [0.5, 0.6) is 11.5 Å². The van der Waals surface area contributed by atoms with Crippen molar-refractivity contribution in [3.05, 3.63) is 42.2 Å². The van der Waals surface area contributed by atoms with E-state index in [4.69, 9.17) is 19.4 Å². The maximum absolute atomic E-state index is 8.36. The van der Waals surface area contributed by atoms with Gasteiger partial charge in [-0.3, -0.25) is 9.78 Å². The van der Waals surface area contributed by atoms with Gasteiger partial charge >= 0.3 is 0 Å². The van der Waals surface area contributed by atoms with Gasteiger partial charge in [0.25, 0.3) is 6.47 Å². The number of nitrogens with zero attached hydrogens (tertiary/aromatic N) is 2. The highest BCUT2D eigenvalue weighted by atomic mass is 16.5. The lowest BCUT2D eigenvalue weighted by Crippen LogP contribution is -2.30. The third-order valence-electron chi connectivity index (χ3n) is 4.04. The largest absolute Gasteiger partial charge is 0.491 e. The Morgan fingerprint density at radius 2 is 1.86 bits per heavy atom. The molecule has 0 amide bonds. The minimum atomic E-state index is -0.250. The van der Waals surface area contributed by atoms with Crippen molar-refractivity contribution in [3.8, 4) is 22.6 Å². The molecule has 2 rings (SSSR count). The lowest BCUT2D eigenvalue weighted by molar-refractivity contribution is -0.122. The number of carboxylic acid groups (broad SMARTS) is 1. The van der Waals surface area contributed by atoms with Crippen LogP contribution in [0.3, 0.4) is 0 Å². The van der Waals surface area contributed by atoms with Crippen molar-refractivity contribution in [2.24, 2.45) is 0 Å². The van der Waals surface area contributed by atoms with Crippen LogP contribution < -0.4 is 9.47 Å². The van der Waals surface area contributed by atoms with Crippen molar-refractivity contribution >= 4 is 6.47 Å². The minimum Gasteiger partial charge on any atom is -0.491 e. The monoisotopic (exact) mass is 388 g/mol. The Labute approximate surface area is 168 Å². The lowest BCUT2D eigenvalue weighted by atomic mass is 10.0. The fourth-order valence-corrected chi connectivity index (χ4v) is 2.39. The zero-order valence-electron chi connectivity index (χ0n) is 17.9. The molecule has 0 aliphatic heterocycles.